The molecule has 2 amide bonds. The Morgan fingerprint density at radius 1 is 1.22 bits per heavy atom. The molecule has 142 valence electrons. The van der Waals surface area contributed by atoms with Crippen molar-refractivity contribution in [3.05, 3.63) is 65.2 Å². The van der Waals surface area contributed by atoms with Crippen LogP contribution in [-0.4, -0.2) is 29.9 Å². The molecule has 1 heterocycles. The first kappa shape index (κ1) is 19.0. The van der Waals surface area contributed by atoms with Crippen molar-refractivity contribution in [3.8, 4) is 5.75 Å². The molecule has 1 saturated heterocycles. The quantitative estimate of drug-likeness (QED) is 0.813. The van der Waals surface area contributed by atoms with E-state index in [0.29, 0.717) is 25.1 Å². The minimum Gasteiger partial charge on any atom is -0.494 e. The second-order valence-electron chi connectivity index (χ2n) is 6.82. The maximum atomic E-state index is 12.6. The number of nitrogens with zero attached hydrogens (tertiary/aromatic N) is 1. The van der Waals surface area contributed by atoms with Crippen LogP contribution >= 0.6 is 0 Å². The van der Waals surface area contributed by atoms with Crippen molar-refractivity contribution in [2.45, 2.75) is 39.3 Å². The summed E-state index contributed by atoms with van der Waals surface area (Å²) in [7, 11) is 0. The van der Waals surface area contributed by atoms with Crippen molar-refractivity contribution in [2.24, 2.45) is 0 Å². The molecule has 2 aromatic carbocycles. The SMILES string of the molecule is CCOc1ccc(C(C)NC(=O)c2cccc(CN3CCCC3=O)c2)cc1. The number of hydrogen-bond donors (Lipinski definition) is 1. The Morgan fingerprint density at radius 3 is 2.67 bits per heavy atom. The molecule has 0 aliphatic carbocycles. The van der Waals surface area contributed by atoms with Gasteiger partial charge in [-0.2, -0.15) is 0 Å². The number of hydrogen-bond acceptors (Lipinski definition) is 3. The van der Waals surface area contributed by atoms with E-state index in [1.807, 2.05) is 61.2 Å². The highest BCUT2D eigenvalue weighted by molar-refractivity contribution is 5.94. The fraction of sp³-hybridized carbons (Fsp3) is 0.364. The minimum absolute atomic E-state index is 0.114. The molecule has 5 nitrogen and oxygen atoms in total. The van der Waals surface area contributed by atoms with Crippen LogP contribution in [0.3, 0.4) is 0 Å². The van der Waals surface area contributed by atoms with E-state index in [2.05, 4.69) is 5.32 Å². The average molecular weight is 366 g/mol. The number of ether oxygens (including phenoxy) is 1. The topological polar surface area (TPSA) is 58.6 Å². The highest BCUT2D eigenvalue weighted by Crippen LogP contribution is 2.19. The predicted octanol–water partition coefficient (Wildman–Crippen LogP) is 3.70. The number of rotatable bonds is 7. The monoisotopic (exact) mass is 366 g/mol. The molecule has 1 unspecified atom stereocenters. The van der Waals surface area contributed by atoms with Crippen LogP contribution < -0.4 is 10.1 Å². The summed E-state index contributed by atoms with van der Waals surface area (Å²) in [5.41, 5.74) is 2.61. The molecule has 0 spiro atoms. The number of likely N-dealkylation sites (tertiary alicyclic amines) is 1. The molecule has 1 atom stereocenters. The lowest BCUT2D eigenvalue weighted by atomic mass is 10.1. The fourth-order valence-electron chi connectivity index (χ4n) is 3.29. The maximum absolute atomic E-state index is 12.6. The summed E-state index contributed by atoms with van der Waals surface area (Å²) in [5, 5.41) is 3.03. The molecule has 0 radical (unpaired) electrons. The molecule has 1 fully saturated rings. The van der Waals surface area contributed by atoms with Crippen LogP contribution in [0.1, 0.15) is 54.2 Å². The summed E-state index contributed by atoms with van der Waals surface area (Å²) in [5.74, 6) is 0.892. The second kappa shape index (κ2) is 8.71. The zero-order valence-corrected chi connectivity index (χ0v) is 15.9. The molecular formula is C22H26N2O3. The molecule has 2 aromatic rings. The highest BCUT2D eigenvalue weighted by atomic mass is 16.5. The third-order valence-corrected chi connectivity index (χ3v) is 4.77. The Balaban J connectivity index is 1.63. The standard InChI is InChI=1S/C22H26N2O3/c1-3-27-20-11-9-18(10-12-20)16(2)23-22(26)19-7-4-6-17(14-19)15-24-13-5-8-21(24)25/h4,6-7,9-12,14,16H,3,5,8,13,15H2,1-2H3,(H,23,26). The Labute approximate surface area is 160 Å². The molecule has 3 rings (SSSR count). The maximum Gasteiger partial charge on any atom is 0.251 e. The summed E-state index contributed by atoms with van der Waals surface area (Å²) < 4.78 is 5.45. The van der Waals surface area contributed by atoms with Crippen molar-refractivity contribution in [1.82, 2.24) is 10.2 Å². The Kier molecular flexibility index (Phi) is 6.12. The van der Waals surface area contributed by atoms with Crippen molar-refractivity contribution < 1.29 is 14.3 Å². The lowest BCUT2D eigenvalue weighted by molar-refractivity contribution is -0.128. The Bertz CT molecular complexity index is 801. The van der Waals surface area contributed by atoms with Gasteiger partial charge < -0.3 is 15.0 Å². The molecule has 1 N–H and O–H groups in total. The van der Waals surface area contributed by atoms with Gasteiger partial charge in [-0.3, -0.25) is 9.59 Å². The fourth-order valence-corrected chi connectivity index (χ4v) is 3.29. The predicted molar refractivity (Wildman–Crippen MR) is 105 cm³/mol. The first-order valence-corrected chi connectivity index (χ1v) is 9.47. The molecule has 0 aromatic heterocycles. The van der Waals surface area contributed by atoms with Crippen LogP contribution in [-0.2, 0) is 11.3 Å². The number of carbonyl (C=O) groups is 2. The van der Waals surface area contributed by atoms with Crippen LogP contribution in [0.15, 0.2) is 48.5 Å². The molecular weight excluding hydrogens is 340 g/mol. The summed E-state index contributed by atoms with van der Waals surface area (Å²) in [6, 6.07) is 15.1. The van der Waals surface area contributed by atoms with Crippen LogP contribution in [0, 0.1) is 0 Å². The van der Waals surface area contributed by atoms with Gasteiger partial charge in [0.2, 0.25) is 5.91 Å². The Hall–Kier alpha value is -2.82. The van der Waals surface area contributed by atoms with Gasteiger partial charge in [-0.25, -0.2) is 0 Å². The second-order valence-corrected chi connectivity index (χ2v) is 6.82. The van der Waals surface area contributed by atoms with Crippen LogP contribution in [0.4, 0.5) is 0 Å². The van der Waals surface area contributed by atoms with Gasteiger partial charge in [0.15, 0.2) is 0 Å². The van der Waals surface area contributed by atoms with Crippen molar-refractivity contribution in [1.29, 1.82) is 0 Å². The average Bonchev–Trinajstić information content (AvgIpc) is 3.07. The summed E-state index contributed by atoms with van der Waals surface area (Å²) in [4.78, 5) is 26.3. The third kappa shape index (κ3) is 4.88. The van der Waals surface area contributed by atoms with Gasteiger partial charge in [-0.05, 0) is 55.7 Å². The van der Waals surface area contributed by atoms with Gasteiger partial charge in [0, 0.05) is 25.1 Å². The van der Waals surface area contributed by atoms with E-state index in [-0.39, 0.29) is 17.9 Å². The lowest BCUT2D eigenvalue weighted by Crippen LogP contribution is -2.27. The van der Waals surface area contributed by atoms with Crippen molar-refractivity contribution >= 4 is 11.8 Å². The molecule has 1 aliphatic heterocycles. The summed E-state index contributed by atoms with van der Waals surface area (Å²) >= 11 is 0. The van der Waals surface area contributed by atoms with E-state index in [1.165, 1.54) is 0 Å². The molecule has 5 heteroatoms. The van der Waals surface area contributed by atoms with Gasteiger partial charge in [-0.15, -0.1) is 0 Å². The van der Waals surface area contributed by atoms with Gasteiger partial charge in [-0.1, -0.05) is 24.3 Å². The normalized spacial score (nSPS) is 14.9. The summed E-state index contributed by atoms with van der Waals surface area (Å²) in [6.07, 6.45) is 1.54. The van der Waals surface area contributed by atoms with Gasteiger partial charge >= 0.3 is 0 Å². The smallest absolute Gasteiger partial charge is 0.251 e. The van der Waals surface area contributed by atoms with Crippen molar-refractivity contribution in [2.75, 3.05) is 13.2 Å². The van der Waals surface area contributed by atoms with E-state index >= 15 is 0 Å². The van der Waals surface area contributed by atoms with Crippen LogP contribution in [0.25, 0.3) is 0 Å². The number of amides is 2. The molecule has 0 bridgehead atoms. The van der Waals surface area contributed by atoms with Crippen molar-refractivity contribution in [3.63, 3.8) is 0 Å². The molecule has 27 heavy (non-hydrogen) atoms. The minimum atomic E-state index is -0.119. The van der Waals surface area contributed by atoms with Gasteiger partial charge in [0.25, 0.3) is 5.91 Å². The van der Waals surface area contributed by atoms with E-state index in [9.17, 15) is 9.59 Å². The number of nitrogens with one attached hydrogen (secondary N) is 1. The van der Waals surface area contributed by atoms with Crippen LogP contribution in [0.5, 0.6) is 5.75 Å². The van der Waals surface area contributed by atoms with E-state index in [4.69, 9.17) is 4.74 Å². The molecule has 1 aliphatic rings. The molecule has 0 saturated carbocycles. The van der Waals surface area contributed by atoms with E-state index < -0.39 is 0 Å². The first-order valence-electron chi connectivity index (χ1n) is 9.47. The number of carbonyl (C=O) groups excluding carboxylic acids is 2. The summed E-state index contributed by atoms with van der Waals surface area (Å²) in [6.45, 7) is 5.90. The number of benzene rings is 2. The zero-order valence-electron chi connectivity index (χ0n) is 15.9. The van der Waals surface area contributed by atoms with E-state index in [0.717, 1.165) is 29.8 Å². The van der Waals surface area contributed by atoms with Gasteiger partial charge in [0.1, 0.15) is 5.75 Å². The zero-order chi connectivity index (χ0) is 19.2. The highest BCUT2D eigenvalue weighted by Gasteiger charge is 2.20. The lowest BCUT2D eigenvalue weighted by Gasteiger charge is -2.17. The Morgan fingerprint density at radius 2 is 2.00 bits per heavy atom. The largest absolute Gasteiger partial charge is 0.494 e. The first-order chi connectivity index (χ1) is 13.1. The van der Waals surface area contributed by atoms with Crippen LogP contribution in [0.2, 0.25) is 0 Å². The van der Waals surface area contributed by atoms with Gasteiger partial charge in [0.05, 0.1) is 12.6 Å². The third-order valence-electron chi connectivity index (χ3n) is 4.77. The van der Waals surface area contributed by atoms with E-state index in [1.54, 1.807) is 6.07 Å².